The monoisotopic (exact) mass is 1170 g/mol. The van der Waals surface area contributed by atoms with Crippen LogP contribution < -0.4 is 5.32 Å². The Morgan fingerprint density at radius 1 is 0.337 bits per heavy atom. The van der Waals surface area contributed by atoms with E-state index < -0.39 is 12.1 Å². The van der Waals surface area contributed by atoms with Crippen LogP contribution in [0, 0.1) is 0 Å². The van der Waals surface area contributed by atoms with Crippen molar-refractivity contribution in [1.29, 1.82) is 0 Å². The van der Waals surface area contributed by atoms with Crippen LogP contribution in [0.3, 0.4) is 0 Å². The highest BCUT2D eigenvalue weighted by Gasteiger charge is 2.20. The highest BCUT2D eigenvalue weighted by molar-refractivity contribution is 5.76. The number of amides is 1. The van der Waals surface area contributed by atoms with Crippen LogP contribution in [0.15, 0.2) is 36.5 Å². The topological polar surface area (TPSA) is 95.9 Å². The maximum absolute atomic E-state index is 12.5. The summed E-state index contributed by atoms with van der Waals surface area (Å²) in [5, 5.41) is 23.3. The van der Waals surface area contributed by atoms with Crippen molar-refractivity contribution < 1.29 is 24.5 Å². The maximum atomic E-state index is 12.5. The molecule has 6 nitrogen and oxygen atoms in total. The van der Waals surface area contributed by atoms with Crippen LogP contribution in [0.2, 0.25) is 0 Å². The van der Waals surface area contributed by atoms with Gasteiger partial charge in [-0.2, -0.15) is 0 Å². The Morgan fingerprint density at radius 3 is 0.952 bits per heavy atom. The molecule has 490 valence electrons. The van der Waals surface area contributed by atoms with Crippen molar-refractivity contribution in [3.05, 3.63) is 36.5 Å². The third kappa shape index (κ3) is 69.1. The molecular formula is C77H147NO5. The Hall–Kier alpha value is -1.92. The summed E-state index contributed by atoms with van der Waals surface area (Å²) in [5.74, 6) is -0.0139. The first-order valence-electron chi connectivity index (χ1n) is 37.7. The molecule has 0 aromatic rings. The second-order valence-corrected chi connectivity index (χ2v) is 26.0. The molecule has 2 atom stereocenters. The molecule has 6 heteroatoms. The van der Waals surface area contributed by atoms with Crippen LogP contribution >= 0.6 is 0 Å². The largest absolute Gasteiger partial charge is 0.466 e. The van der Waals surface area contributed by atoms with Gasteiger partial charge >= 0.3 is 5.97 Å². The molecule has 0 heterocycles. The molecule has 0 bridgehead atoms. The number of aliphatic hydroxyl groups excluding tert-OH is 2. The lowest BCUT2D eigenvalue weighted by Gasteiger charge is -2.22. The third-order valence-electron chi connectivity index (χ3n) is 17.7. The van der Waals surface area contributed by atoms with Crippen LogP contribution in [0.25, 0.3) is 0 Å². The van der Waals surface area contributed by atoms with Gasteiger partial charge in [-0.25, -0.2) is 0 Å². The van der Waals surface area contributed by atoms with E-state index in [1.54, 1.807) is 0 Å². The van der Waals surface area contributed by atoms with Crippen molar-refractivity contribution in [3.8, 4) is 0 Å². The zero-order chi connectivity index (χ0) is 59.9. The SMILES string of the molecule is CCCCC/C=C\C/C=C\CCCCCCCCCCCC(=O)OCCCCCCCCCCCCCC/C=C\CCCCCCCCCCCCCCCCCCCC(=O)NC(CO)C(O)CCCCCCCCCCCCCCCC. The van der Waals surface area contributed by atoms with Gasteiger partial charge in [-0.05, 0) is 83.5 Å². The average molecular weight is 1170 g/mol. The molecule has 83 heavy (non-hydrogen) atoms. The number of carbonyl (C=O) groups excluding carboxylic acids is 2. The Labute approximate surface area is 519 Å². The van der Waals surface area contributed by atoms with Gasteiger partial charge in [0.2, 0.25) is 5.91 Å². The summed E-state index contributed by atoms with van der Waals surface area (Å²) in [6.45, 7) is 4.96. The Kier molecular flexibility index (Phi) is 70.9. The van der Waals surface area contributed by atoms with Gasteiger partial charge in [0.15, 0.2) is 0 Å². The second kappa shape index (κ2) is 72.6. The first-order valence-corrected chi connectivity index (χ1v) is 37.7. The first kappa shape index (κ1) is 81.1. The third-order valence-corrected chi connectivity index (χ3v) is 17.7. The lowest BCUT2D eigenvalue weighted by atomic mass is 10.0. The summed E-state index contributed by atoms with van der Waals surface area (Å²) in [4.78, 5) is 24.6. The lowest BCUT2D eigenvalue weighted by Crippen LogP contribution is -2.45. The Balaban J connectivity index is 3.33. The predicted molar refractivity (Wildman–Crippen MR) is 366 cm³/mol. The standard InChI is InChI=1S/C77H147NO5/c1-3-5-7-9-11-13-15-17-19-20-36-40-43-47-51-55-59-63-67-71-77(82)83-72-68-64-60-56-52-48-44-41-38-35-33-31-29-27-25-23-21-22-24-26-28-30-32-34-37-39-42-46-50-54-58-62-66-70-76(81)78-74(73-79)75(80)69-65-61-57-53-49-45-18-16-14-12-10-8-6-4-2/h11,13,17,19,25,27,74-75,79-80H,3-10,12,14-16,18,20-24,26,28-73H2,1-2H3,(H,78,81)/b13-11-,19-17-,27-25-. The van der Waals surface area contributed by atoms with E-state index in [9.17, 15) is 19.8 Å². The van der Waals surface area contributed by atoms with Gasteiger partial charge in [-0.1, -0.05) is 359 Å². The minimum absolute atomic E-state index is 0.0155. The van der Waals surface area contributed by atoms with Crippen LogP contribution in [0.1, 0.15) is 418 Å². The molecule has 0 radical (unpaired) electrons. The molecule has 0 aliphatic carbocycles. The van der Waals surface area contributed by atoms with E-state index in [4.69, 9.17) is 4.74 Å². The van der Waals surface area contributed by atoms with Crippen LogP contribution in [-0.2, 0) is 14.3 Å². The summed E-state index contributed by atoms with van der Waals surface area (Å²) in [6.07, 6.45) is 93.6. The fourth-order valence-corrected chi connectivity index (χ4v) is 11.9. The number of hydrogen-bond donors (Lipinski definition) is 3. The first-order chi connectivity index (χ1) is 41.0. The van der Waals surface area contributed by atoms with Gasteiger partial charge in [0.1, 0.15) is 0 Å². The molecule has 0 spiro atoms. The van der Waals surface area contributed by atoms with E-state index >= 15 is 0 Å². The highest BCUT2D eigenvalue weighted by atomic mass is 16.5. The van der Waals surface area contributed by atoms with Crippen molar-refractivity contribution in [2.45, 2.75) is 431 Å². The van der Waals surface area contributed by atoms with E-state index in [0.29, 0.717) is 25.9 Å². The summed E-state index contributed by atoms with van der Waals surface area (Å²) in [5.41, 5.74) is 0. The Morgan fingerprint density at radius 2 is 0.602 bits per heavy atom. The number of esters is 1. The molecule has 0 aliphatic heterocycles. The van der Waals surface area contributed by atoms with E-state index in [2.05, 4.69) is 55.6 Å². The summed E-state index contributed by atoms with van der Waals surface area (Å²) < 4.78 is 5.51. The fraction of sp³-hybridized carbons (Fsp3) is 0.896. The van der Waals surface area contributed by atoms with Crippen LogP contribution in [0.4, 0.5) is 0 Å². The lowest BCUT2D eigenvalue weighted by molar-refractivity contribution is -0.143. The smallest absolute Gasteiger partial charge is 0.305 e. The zero-order valence-corrected chi connectivity index (χ0v) is 56.2. The molecule has 0 saturated heterocycles. The fourth-order valence-electron chi connectivity index (χ4n) is 11.9. The molecule has 1 amide bonds. The van der Waals surface area contributed by atoms with Gasteiger partial charge in [0.25, 0.3) is 0 Å². The quantitative estimate of drug-likeness (QED) is 0.0320. The van der Waals surface area contributed by atoms with Crippen molar-refractivity contribution in [2.24, 2.45) is 0 Å². The normalized spacial score (nSPS) is 12.7. The van der Waals surface area contributed by atoms with Gasteiger partial charge in [-0.3, -0.25) is 9.59 Å². The zero-order valence-electron chi connectivity index (χ0n) is 56.2. The van der Waals surface area contributed by atoms with Gasteiger partial charge in [-0.15, -0.1) is 0 Å². The minimum atomic E-state index is -0.662. The van der Waals surface area contributed by atoms with Crippen molar-refractivity contribution >= 4 is 11.9 Å². The van der Waals surface area contributed by atoms with E-state index in [1.807, 2.05) is 0 Å². The van der Waals surface area contributed by atoms with Crippen molar-refractivity contribution in [3.63, 3.8) is 0 Å². The van der Waals surface area contributed by atoms with E-state index in [0.717, 1.165) is 51.4 Å². The second-order valence-electron chi connectivity index (χ2n) is 26.0. The van der Waals surface area contributed by atoms with Crippen LogP contribution in [0.5, 0.6) is 0 Å². The average Bonchev–Trinajstić information content (AvgIpc) is 3.49. The van der Waals surface area contributed by atoms with Crippen LogP contribution in [-0.4, -0.2) is 47.4 Å². The molecule has 0 aliphatic rings. The molecule has 2 unspecified atom stereocenters. The highest BCUT2D eigenvalue weighted by Crippen LogP contribution is 2.19. The van der Waals surface area contributed by atoms with Gasteiger partial charge in [0, 0.05) is 12.8 Å². The van der Waals surface area contributed by atoms with Gasteiger partial charge in [0.05, 0.1) is 25.4 Å². The number of rotatable bonds is 71. The minimum Gasteiger partial charge on any atom is -0.466 e. The molecular weight excluding hydrogens is 1020 g/mol. The number of carbonyl (C=O) groups is 2. The van der Waals surface area contributed by atoms with Crippen molar-refractivity contribution in [1.82, 2.24) is 5.32 Å². The summed E-state index contributed by atoms with van der Waals surface area (Å²) in [7, 11) is 0. The molecule has 0 aromatic carbocycles. The van der Waals surface area contributed by atoms with E-state index in [-0.39, 0.29) is 18.5 Å². The Bertz CT molecular complexity index is 1340. The number of unbranched alkanes of at least 4 members (excludes halogenated alkanes) is 54. The summed E-state index contributed by atoms with van der Waals surface area (Å²) >= 11 is 0. The number of ether oxygens (including phenoxy) is 1. The molecule has 3 N–H and O–H groups in total. The number of aliphatic hydroxyl groups is 2. The summed E-state index contributed by atoms with van der Waals surface area (Å²) in [6, 6.07) is -0.539. The molecule has 0 saturated carbocycles. The van der Waals surface area contributed by atoms with Crippen molar-refractivity contribution in [2.75, 3.05) is 13.2 Å². The van der Waals surface area contributed by atoms with Gasteiger partial charge < -0.3 is 20.3 Å². The molecule has 0 rings (SSSR count). The van der Waals surface area contributed by atoms with E-state index in [1.165, 1.54) is 334 Å². The number of allylic oxidation sites excluding steroid dienone is 6. The predicted octanol–water partition coefficient (Wildman–Crippen LogP) is 24.7. The number of hydrogen-bond acceptors (Lipinski definition) is 5. The molecule has 0 fully saturated rings. The maximum Gasteiger partial charge on any atom is 0.305 e. The molecule has 0 aromatic heterocycles. The number of nitrogens with one attached hydrogen (secondary N) is 1.